The maximum Gasteiger partial charge on any atom is 0.242 e. The van der Waals surface area contributed by atoms with Crippen molar-refractivity contribution in [2.24, 2.45) is 0 Å². The number of sulfonamides is 1. The zero-order valence-corrected chi connectivity index (χ0v) is 23.3. The molecule has 2 atom stereocenters. The number of carbonyl (C=O) groups is 2. The number of rotatable bonds is 8. The summed E-state index contributed by atoms with van der Waals surface area (Å²) in [4.78, 5) is 33.1. The van der Waals surface area contributed by atoms with E-state index in [1.54, 1.807) is 0 Å². The van der Waals surface area contributed by atoms with E-state index in [4.69, 9.17) is 0 Å². The second-order valence-electron chi connectivity index (χ2n) is 9.66. The predicted molar refractivity (Wildman–Crippen MR) is 142 cm³/mol. The quantitative estimate of drug-likeness (QED) is 0.505. The molecule has 0 bridgehead atoms. The highest BCUT2D eigenvalue weighted by atomic mass is 79.9. The first kappa shape index (κ1) is 26.8. The molecular formula is C24H35BrN4O4S2. The smallest absolute Gasteiger partial charge is 0.242 e. The Hall–Kier alpha value is -1.27. The Labute approximate surface area is 220 Å². The Morgan fingerprint density at radius 2 is 1.83 bits per heavy atom. The van der Waals surface area contributed by atoms with Crippen LogP contribution in [0.5, 0.6) is 0 Å². The van der Waals surface area contributed by atoms with Crippen LogP contribution < -0.4 is 4.72 Å². The van der Waals surface area contributed by atoms with Gasteiger partial charge in [-0.2, -0.15) is 4.72 Å². The van der Waals surface area contributed by atoms with Crippen LogP contribution in [0.25, 0.3) is 6.08 Å². The molecule has 35 heavy (non-hydrogen) atoms. The summed E-state index contributed by atoms with van der Waals surface area (Å²) < 4.78 is 28.6. The van der Waals surface area contributed by atoms with Gasteiger partial charge in [-0.05, 0) is 92.2 Å². The Bertz CT molecular complexity index is 1020. The fourth-order valence-electron chi connectivity index (χ4n) is 5.23. The van der Waals surface area contributed by atoms with Crippen LogP contribution in [0.4, 0.5) is 0 Å². The first-order valence-electron chi connectivity index (χ1n) is 12.6. The van der Waals surface area contributed by atoms with E-state index >= 15 is 0 Å². The lowest BCUT2D eigenvalue weighted by Crippen LogP contribution is -2.57. The summed E-state index contributed by atoms with van der Waals surface area (Å²) in [5.41, 5.74) is 0. The normalized spacial score (nSPS) is 24.9. The molecule has 0 aromatic carbocycles. The summed E-state index contributed by atoms with van der Waals surface area (Å²) in [6.45, 7) is 4.35. The van der Waals surface area contributed by atoms with Crippen LogP contribution in [-0.2, 0) is 19.6 Å². The number of nitrogens with one attached hydrogen (secondary N) is 1. The van der Waals surface area contributed by atoms with E-state index in [2.05, 4.69) is 25.6 Å². The molecule has 0 aliphatic carbocycles. The molecule has 4 rings (SSSR count). The van der Waals surface area contributed by atoms with Crippen LogP contribution in [0.2, 0.25) is 0 Å². The number of thiophene rings is 1. The minimum atomic E-state index is -3.79. The van der Waals surface area contributed by atoms with Gasteiger partial charge < -0.3 is 14.7 Å². The third-order valence-electron chi connectivity index (χ3n) is 7.03. The molecule has 3 aliphatic rings. The topological polar surface area (TPSA) is 90.0 Å². The van der Waals surface area contributed by atoms with Gasteiger partial charge in [0.05, 0.1) is 10.3 Å². The number of likely N-dealkylation sites (tertiary alicyclic amines) is 3. The van der Waals surface area contributed by atoms with Gasteiger partial charge in [-0.15, -0.1) is 11.3 Å². The zero-order valence-electron chi connectivity index (χ0n) is 20.0. The van der Waals surface area contributed by atoms with E-state index in [9.17, 15) is 18.0 Å². The van der Waals surface area contributed by atoms with Gasteiger partial charge in [-0.3, -0.25) is 9.59 Å². The molecule has 4 heterocycles. The van der Waals surface area contributed by atoms with Gasteiger partial charge in [0.2, 0.25) is 21.8 Å². The van der Waals surface area contributed by atoms with Crippen LogP contribution in [-0.4, -0.2) is 86.3 Å². The largest absolute Gasteiger partial charge is 0.337 e. The van der Waals surface area contributed by atoms with Crippen LogP contribution in [0.15, 0.2) is 21.3 Å². The molecule has 1 aromatic rings. The summed E-state index contributed by atoms with van der Waals surface area (Å²) in [5.74, 6) is -0.336. The fraction of sp³-hybridized carbons (Fsp3) is 0.667. The van der Waals surface area contributed by atoms with Crippen LogP contribution >= 0.6 is 27.3 Å². The van der Waals surface area contributed by atoms with Crippen LogP contribution in [0.1, 0.15) is 56.2 Å². The van der Waals surface area contributed by atoms with Crippen molar-refractivity contribution >= 4 is 55.2 Å². The number of carbonyl (C=O) groups excluding carboxylic acids is 2. The van der Waals surface area contributed by atoms with E-state index in [1.165, 1.54) is 41.6 Å². The standard InChI is InChI=1S/C24H35BrN4O4S2/c25-22-10-9-20(34-22)11-16-35(32,33)26-21-8-6-14-28(24(21)31)18-23(30)29-15-5-2-7-19(29)17-27-12-3-1-4-13-27/h9-11,16,19,21,26H,1-8,12-15,17-18H2/b16-11+. The third kappa shape index (κ3) is 7.61. The fourth-order valence-corrected chi connectivity index (χ4v) is 7.66. The van der Waals surface area contributed by atoms with Crippen molar-refractivity contribution in [2.45, 2.75) is 63.5 Å². The molecule has 3 aliphatic heterocycles. The van der Waals surface area contributed by atoms with Gasteiger partial charge in [0.1, 0.15) is 6.04 Å². The second kappa shape index (κ2) is 12.3. The number of nitrogens with zero attached hydrogens (tertiary/aromatic N) is 3. The first-order chi connectivity index (χ1) is 16.8. The third-order valence-corrected chi connectivity index (χ3v) is 9.73. The maximum atomic E-state index is 13.3. The minimum Gasteiger partial charge on any atom is -0.337 e. The van der Waals surface area contributed by atoms with E-state index in [0.29, 0.717) is 19.4 Å². The van der Waals surface area contributed by atoms with Crippen molar-refractivity contribution in [1.29, 1.82) is 0 Å². The monoisotopic (exact) mass is 586 g/mol. The average molecular weight is 588 g/mol. The molecule has 1 N–H and O–H groups in total. The van der Waals surface area contributed by atoms with Crippen LogP contribution in [0.3, 0.4) is 0 Å². The lowest BCUT2D eigenvalue weighted by atomic mass is 10.00. The van der Waals surface area contributed by atoms with E-state index in [-0.39, 0.29) is 24.4 Å². The Morgan fingerprint density at radius 1 is 1.06 bits per heavy atom. The average Bonchev–Trinajstić information content (AvgIpc) is 3.26. The molecular weight excluding hydrogens is 552 g/mol. The molecule has 3 saturated heterocycles. The maximum absolute atomic E-state index is 13.3. The molecule has 8 nitrogen and oxygen atoms in total. The Morgan fingerprint density at radius 3 is 2.57 bits per heavy atom. The van der Waals surface area contributed by atoms with Gasteiger partial charge in [-0.25, -0.2) is 8.42 Å². The highest BCUT2D eigenvalue weighted by molar-refractivity contribution is 9.11. The number of halogens is 1. The summed E-state index contributed by atoms with van der Waals surface area (Å²) in [7, 11) is -3.79. The summed E-state index contributed by atoms with van der Waals surface area (Å²) in [6, 6.07) is 3.03. The summed E-state index contributed by atoms with van der Waals surface area (Å²) in [5, 5.41) is 1.10. The van der Waals surface area contributed by atoms with Crippen molar-refractivity contribution in [3.05, 3.63) is 26.2 Å². The molecule has 194 valence electrons. The lowest BCUT2D eigenvalue weighted by molar-refractivity contribution is -0.145. The van der Waals surface area contributed by atoms with Gasteiger partial charge in [-0.1, -0.05) is 6.42 Å². The summed E-state index contributed by atoms with van der Waals surface area (Å²) >= 11 is 4.78. The molecule has 0 saturated carbocycles. The first-order valence-corrected chi connectivity index (χ1v) is 15.7. The predicted octanol–water partition coefficient (Wildman–Crippen LogP) is 3.26. The van der Waals surface area contributed by atoms with E-state index in [0.717, 1.165) is 59.5 Å². The van der Waals surface area contributed by atoms with Gasteiger partial charge in [0.25, 0.3) is 0 Å². The van der Waals surface area contributed by atoms with Gasteiger partial charge in [0.15, 0.2) is 0 Å². The molecule has 1 aromatic heterocycles. The van der Waals surface area contributed by atoms with Crippen molar-refractivity contribution in [3.8, 4) is 0 Å². The number of hydrogen-bond acceptors (Lipinski definition) is 6. The SMILES string of the molecule is O=C1C(NS(=O)(=O)/C=C/c2ccc(Br)s2)CCCN1CC(=O)N1CCCCC1CN1CCCCC1. The highest BCUT2D eigenvalue weighted by Crippen LogP contribution is 2.24. The lowest BCUT2D eigenvalue weighted by Gasteiger charge is -2.41. The van der Waals surface area contributed by atoms with Crippen molar-refractivity contribution in [3.63, 3.8) is 0 Å². The number of piperidine rings is 3. The molecule has 0 radical (unpaired) electrons. The number of hydrogen-bond donors (Lipinski definition) is 1. The molecule has 2 unspecified atom stereocenters. The van der Waals surface area contributed by atoms with Crippen molar-refractivity contribution in [1.82, 2.24) is 19.4 Å². The van der Waals surface area contributed by atoms with Gasteiger partial charge in [0, 0.05) is 36.0 Å². The summed E-state index contributed by atoms with van der Waals surface area (Å²) in [6.07, 6.45) is 9.47. The molecule has 2 amide bonds. The van der Waals surface area contributed by atoms with Crippen LogP contribution in [0, 0.1) is 0 Å². The number of amides is 2. The van der Waals surface area contributed by atoms with Crippen molar-refractivity contribution < 1.29 is 18.0 Å². The molecule has 0 spiro atoms. The van der Waals surface area contributed by atoms with E-state index < -0.39 is 16.1 Å². The molecule has 11 heteroatoms. The Kier molecular flexibility index (Phi) is 9.42. The van der Waals surface area contributed by atoms with E-state index in [1.807, 2.05) is 17.0 Å². The highest BCUT2D eigenvalue weighted by Gasteiger charge is 2.35. The molecule has 3 fully saturated rings. The minimum absolute atomic E-state index is 0.0205. The van der Waals surface area contributed by atoms with Crippen molar-refractivity contribution in [2.75, 3.05) is 39.3 Å². The Balaban J connectivity index is 1.34. The second-order valence-corrected chi connectivity index (χ2v) is 13.8. The van der Waals surface area contributed by atoms with Gasteiger partial charge >= 0.3 is 0 Å². The zero-order chi connectivity index (χ0) is 24.8.